The second kappa shape index (κ2) is 9.19. The summed E-state index contributed by atoms with van der Waals surface area (Å²) in [5.74, 6) is 1.46. The largest absolute Gasteiger partial charge is 0.508 e. The van der Waals surface area contributed by atoms with Gasteiger partial charge in [0.15, 0.2) is 11.5 Å². The number of sulfonamides is 1. The van der Waals surface area contributed by atoms with Gasteiger partial charge in [-0.05, 0) is 55.7 Å². The summed E-state index contributed by atoms with van der Waals surface area (Å²) in [6.07, 6.45) is 1.35. The summed E-state index contributed by atoms with van der Waals surface area (Å²) < 4.78 is 40.3. The van der Waals surface area contributed by atoms with E-state index in [-0.39, 0.29) is 23.5 Å². The van der Waals surface area contributed by atoms with Crippen LogP contribution in [-0.2, 0) is 16.6 Å². The summed E-state index contributed by atoms with van der Waals surface area (Å²) in [6, 6.07) is 19.5. The molecule has 2 aliphatic rings. The Labute approximate surface area is 200 Å². The Hall–Kier alpha value is -3.23. The van der Waals surface area contributed by atoms with Crippen molar-refractivity contribution in [3.63, 3.8) is 0 Å². The van der Waals surface area contributed by atoms with Crippen molar-refractivity contribution in [2.75, 3.05) is 24.2 Å². The summed E-state index contributed by atoms with van der Waals surface area (Å²) in [6.45, 7) is 4.11. The fourth-order valence-corrected chi connectivity index (χ4v) is 6.46. The molecule has 7 nitrogen and oxygen atoms in total. The summed E-state index contributed by atoms with van der Waals surface area (Å²) in [5, 5.41) is 10.1. The number of hydrogen-bond acceptors (Lipinski definition) is 6. The lowest BCUT2D eigenvalue weighted by molar-refractivity contribution is 0.174. The highest BCUT2D eigenvalue weighted by molar-refractivity contribution is 7.92. The predicted octanol–water partition coefficient (Wildman–Crippen LogP) is 4.29. The molecule has 0 aliphatic carbocycles. The molecule has 0 amide bonds. The van der Waals surface area contributed by atoms with Crippen LogP contribution in [0.1, 0.15) is 24.0 Å². The molecule has 0 spiro atoms. The van der Waals surface area contributed by atoms with E-state index in [4.69, 9.17) is 9.47 Å². The number of likely N-dealkylation sites (tertiary alicyclic amines) is 1. The molecule has 1 N–H and O–H groups in total. The number of nitrogens with zero attached hydrogens (tertiary/aromatic N) is 2. The number of anilines is 1. The SMILES string of the molecule is Cc1cccc(S(=O)(=O)N(c2ccc3c(c2)OCO3)C2CCN(Cc3ccccc3O)CC2)c1. The smallest absolute Gasteiger partial charge is 0.264 e. The molecule has 1 fully saturated rings. The number of rotatable bonds is 6. The average molecular weight is 481 g/mol. The lowest BCUT2D eigenvalue weighted by Gasteiger charge is -2.39. The third-order valence-corrected chi connectivity index (χ3v) is 8.31. The van der Waals surface area contributed by atoms with Gasteiger partial charge in [0.25, 0.3) is 10.0 Å². The fourth-order valence-electron chi connectivity index (χ4n) is 4.65. The Morgan fingerprint density at radius 2 is 1.74 bits per heavy atom. The first-order valence-corrected chi connectivity index (χ1v) is 12.9. The normalized spacial score (nSPS) is 16.5. The van der Waals surface area contributed by atoms with Crippen molar-refractivity contribution < 1.29 is 23.0 Å². The maximum Gasteiger partial charge on any atom is 0.264 e. The van der Waals surface area contributed by atoms with E-state index >= 15 is 0 Å². The maximum absolute atomic E-state index is 13.9. The molecule has 0 atom stereocenters. The molecule has 0 aromatic heterocycles. The van der Waals surface area contributed by atoms with Gasteiger partial charge in [-0.1, -0.05) is 30.3 Å². The third kappa shape index (κ3) is 4.43. The summed E-state index contributed by atoms with van der Waals surface area (Å²) in [4.78, 5) is 2.53. The first-order valence-electron chi connectivity index (χ1n) is 11.4. The van der Waals surface area contributed by atoms with E-state index in [1.54, 1.807) is 46.8 Å². The summed E-state index contributed by atoms with van der Waals surface area (Å²) in [5.41, 5.74) is 2.34. The number of phenols is 1. The number of piperidine rings is 1. The minimum absolute atomic E-state index is 0.133. The average Bonchev–Trinajstić information content (AvgIpc) is 3.30. The van der Waals surface area contributed by atoms with Gasteiger partial charge in [0, 0.05) is 37.3 Å². The van der Waals surface area contributed by atoms with Crippen molar-refractivity contribution in [1.29, 1.82) is 0 Å². The molecule has 0 saturated carbocycles. The fraction of sp³-hybridized carbons (Fsp3) is 0.308. The molecule has 34 heavy (non-hydrogen) atoms. The first kappa shape index (κ1) is 22.6. The van der Waals surface area contributed by atoms with Crippen LogP contribution in [0, 0.1) is 6.92 Å². The molecular weight excluding hydrogens is 452 g/mol. The number of fused-ring (bicyclic) bond motifs is 1. The van der Waals surface area contributed by atoms with E-state index in [2.05, 4.69) is 4.90 Å². The zero-order valence-corrected chi connectivity index (χ0v) is 19.9. The van der Waals surface area contributed by atoms with Crippen LogP contribution >= 0.6 is 0 Å². The molecule has 1 saturated heterocycles. The van der Waals surface area contributed by atoms with Crippen molar-refractivity contribution in [2.24, 2.45) is 0 Å². The maximum atomic E-state index is 13.9. The van der Waals surface area contributed by atoms with E-state index in [1.807, 2.05) is 31.2 Å². The van der Waals surface area contributed by atoms with Crippen LogP contribution < -0.4 is 13.8 Å². The Balaban J connectivity index is 1.43. The molecule has 2 heterocycles. The van der Waals surface area contributed by atoms with Gasteiger partial charge < -0.3 is 14.6 Å². The highest BCUT2D eigenvalue weighted by Gasteiger charge is 2.35. The van der Waals surface area contributed by atoms with Crippen LogP contribution in [0.2, 0.25) is 0 Å². The van der Waals surface area contributed by atoms with Crippen molar-refractivity contribution in [3.05, 3.63) is 77.9 Å². The van der Waals surface area contributed by atoms with Crippen LogP contribution in [0.4, 0.5) is 5.69 Å². The molecule has 3 aromatic carbocycles. The number of phenolic OH excluding ortho intramolecular Hbond substituents is 1. The Bertz CT molecular complexity index is 1290. The second-order valence-corrected chi connectivity index (χ2v) is 10.6. The zero-order valence-electron chi connectivity index (χ0n) is 19.1. The van der Waals surface area contributed by atoms with Gasteiger partial charge in [0.2, 0.25) is 6.79 Å². The molecular formula is C26H28N2O5S. The van der Waals surface area contributed by atoms with Crippen molar-refractivity contribution >= 4 is 15.7 Å². The highest BCUT2D eigenvalue weighted by Crippen LogP contribution is 2.39. The summed E-state index contributed by atoms with van der Waals surface area (Å²) >= 11 is 0. The van der Waals surface area contributed by atoms with E-state index in [9.17, 15) is 13.5 Å². The van der Waals surface area contributed by atoms with Gasteiger partial charge in [-0.15, -0.1) is 0 Å². The van der Waals surface area contributed by atoms with Crippen LogP contribution in [0.25, 0.3) is 0 Å². The minimum atomic E-state index is -3.80. The number of hydrogen-bond donors (Lipinski definition) is 1. The first-order chi connectivity index (χ1) is 16.4. The van der Waals surface area contributed by atoms with Crippen LogP contribution in [0.5, 0.6) is 17.2 Å². The molecule has 2 aliphatic heterocycles. The molecule has 178 valence electrons. The molecule has 0 unspecified atom stereocenters. The van der Waals surface area contributed by atoms with Crippen LogP contribution in [-0.4, -0.2) is 44.3 Å². The van der Waals surface area contributed by atoms with E-state index in [1.165, 1.54) is 0 Å². The second-order valence-electron chi connectivity index (χ2n) is 8.79. The molecule has 5 rings (SSSR count). The monoisotopic (exact) mass is 480 g/mol. The Kier molecular flexibility index (Phi) is 6.10. The number of aryl methyl sites for hydroxylation is 1. The predicted molar refractivity (Wildman–Crippen MR) is 130 cm³/mol. The Morgan fingerprint density at radius 1 is 0.971 bits per heavy atom. The van der Waals surface area contributed by atoms with Gasteiger partial charge in [-0.3, -0.25) is 9.21 Å². The van der Waals surface area contributed by atoms with Gasteiger partial charge >= 0.3 is 0 Å². The number of para-hydroxylation sites is 1. The highest BCUT2D eigenvalue weighted by atomic mass is 32.2. The van der Waals surface area contributed by atoms with E-state index in [0.717, 1.165) is 24.2 Å². The van der Waals surface area contributed by atoms with Crippen molar-refractivity contribution in [1.82, 2.24) is 4.90 Å². The standard InChI is InChI=1S/C26H28N2O5S/c1-19-5-4-7-23(15-19)34(30,31)28(22-9-10-25-26(16-22)33-18-32-25)21-11-13-27(14-12-21)17-20-6-2-3-8-24(20)29/h2-10,15-16,21,29H,11-14,17-18H2,1H3. The molecule has 0 bridgehead atoms. The van der Waals surface area contributed by atoms with E-state index < -0.39 is 10.0 Å². The lowest BCUT2D eigenvalue weighted by atomic mass is 10.0. The van der Waals surface area contributed by atoms with E-state index in [0.29, 0.717) is 36.6 Å². The van der Waals surface area contributed by atoms with Gasteiger partial charge in [0.05, 0.1) is 10.6 Å². The number of ether oxygens (including phenoxy) is 2. The molecule has 0 radical (unpaired) electrons. The Morgan fingerprint density at radius 3 is 2.50 bits per heavy atom. The molecule has 8 heteroatoms. The zero-order chi connectivity index (χ0) is 23.7. The van der Waals surface area contributed by atoms with Crippen LogP contribution in [0.3, 0.4) is 0 Å². The summed E-state index contributed by atoms with van der Waals surface area (Å²) in [7, 11) is -3.80. The topological polar surface area (TPSA) is 79.3 Å². The lowest BCUT2D eigenvalue weighted by Crippen LogP contribution is -2.47. The van der Waals surface area contributed by atoms with Crippen molar-refractivity contribution in [2.45, 2.75) is 37.2 Å². The molecule has 3 aromatic rings. The number of aromatic hydroxyl groups is 1. The van der Waals surface area contributed by atoms with Gasteiger partial charge in [-0.2, -0.15) is 0 Å². The quantitative estimate of drug-likeness (QED) is 0.567. The van der Waals surface area contributed by atoms with Crippen molar-refractivity contribution in [3.8, 4) is 17.2 Å². The van der Waals surface area contributed by atoms with Gasteiger partial charge in [-0.25, -0.2) is 8.42 Å². The van der Waals surface area contributed by atoms with Crippen LogP contribution in [0.15, 0.2) is 71.6 Å². The minimum Gasteiger partial charge on any atom is -0.508 e. The van der Waals surface area contributed by atoms with Gasteiger partial charge in [0.1, 0.15) is 5.75 Å². The number of benzene rings is 3. The third-order valence-electron chi connectivity index (χ3n) is 6.43.